The molecule has 2 N–H and O–H groups in total. The number of rotatable bonds is 12. The first-order valence-corrected chi connectivity index (χ1v) is 17.6. The Labute approximate surface area is 252 Å². The van der Waals surface area contributed by atoms with E-state index in [2.05, 4.69) is 45.5 Å². The molecule has 2 aliphatic heterocycles. The maximum absolute atomic E-state index is 13.8. The van der Waals surface area contributed by atoms with Gasteiger partial charge in [-0.1, -0.05) is 24.8 Å². The summed E-state index contributed by atoms with van der Waals surface area (Å²) in [5.74, 6) is -0.239. The van der Waals surface area contributed by atoms with Crippen molar-refractivity contribution in [1.82, 2.24) is 30.6 Å². The van der Waals surface area contributed by atoms with Crippen LogP contribution in [0.1, 0.15) is 19.4 Å². The molecular weight excluding hydrogens is 614 g/mol. The number of halogens is 6. The van der Waals surface area contributed by atoms with Crippen LogP contribution in [0.3, 0.4) is 0 Å². The summed E-state index contributed by atoms with van der Waals surface area (Å²) in [4.78, 5) is 28.5. The highest BCUT2D eigenvalue weighted by molar-refractivity contribution is 6.76. The highest BCUT2D eigenvalue weighted by atomic mass is 28.3. The number of hydrogen-bond donors (Lipinski definition) is 2. The van der Waals surface area contributed by atoms with Crippen molar-refractivity contribution < 1.29 is 40.7 Å². The van der Waals surface area contributed by atoms with Gasteiger partial charge < -0.3 is 30.1 Å². The van der Waals surface area contributed by atoms with Crippen molar-refractivity contribution in [3.8, 4) is 0 Å². The maximum atomic E-state index is 13.8. The van der Waals surface area contributed by atoms with E-state index >= 15 is 0 Å². The van der Waals surface area contributed by atoms with Gasteiger partial charge in [0.25, 0.3) is 5.91 Å². The van der Waals surface area contributed by atoms with Gasteiger partial charge in [-0.05, 0) is 19.9 Å². The van der Waals surface area contributed by atoms with Gasteiger partial charge in [0.15, 0.2) is 6.61 Å². The third-order valence-electron chi connectivity index (χ3n) is 6.76. The zero-order chi connectivity index (χ0) is 32.7. The first-order valence-electron chi connectivity index (χ1n) is 13.9. The fourth-order valence-electron chi connectivity index (χ4n) is 3.93. The van der Waals surface area contributed by atoms with Gasteiger partial charge in [-0.25, -0.2) is 9.97 Å². The van der Waals surface area contributed by atoms with E-state index in [1.807, 2.05) is 0 Å². The second-order valence-corrected chi connectivity index (χ2v) is 17.2. The van der Waals surface area contributed by atoms with Crippen molar-refractivity contribution >= 4 is 25.6 Å². The standard InChI is InChI=1S/C26H38F6N8O3Si/c1-18(36-22-14-35-40(15-21(22)26(30,31)32)17-42-10-11-44(3,4)5)19(2)37-43-16-23(41)38-6-8-39(9-7-38)24-33-12-20(13-34-24)25(27,28)29/h12-15,18,35-36H,6-11,16-17H2,1-5H3/b37-19+/t18-/m0/s1. The first kappa shape index (κ1) is 34.9. The van der Waals surface area contributed by atoms with Crippen LogP contribution >= 0.6 is 0 Å². The molecule has 246 valence electrons. The molecule has 0 radical (unpaired) electrons. The normalized spacial score (nSPS) is 17.5. The Hall–Kier alpha value is -3.54. The number of oxime groups is 1. The Balaban J connectivity index is 1.46. The van der Waals surface area contributed by atoms with Gasteiger partial charge in [0.1, 0.15) is 6.73 Å². The second-order valence-electron chi connectivity index (χ2n) is 11.6. The Morgan fingerprint density at radius 1 is 1.09 bits per heavy atom. The molecule has 18 heteroatoms. The number of ether oxygens (including phenoxy) is 1. The van der Waals surface area contributed by atoms with Crippen molar-refractivity contribution in [2.45, 2.75) is 57.9 Å². The van der Waals surface area contributed by atoms with Crippen LogP contribution in [0.2, 0.25) is 25.7 Å². The quantitative estimate of drug-likeness (QED) is 0.114. The van der Waals surface area contributed by atoms with E-state index in [-0.39, 0.29) is 37.4 Å². The number of alkyl halides is 6. The molecule has 1 saturated heterocycles. The number of anilines is 1. The lowest BCUT2D eigenvalue weighted by atomic mass is 10.1. The monoisotopic (exact) mass is 652 g/mol. The summed E-state index contributed by atoms with van der Waals surface area (Å²) in [7, 11) is -1.33. The van der Waals surface area contributed by atoms with Gasteiger partial charge in [0.05, 0.1) is 28.6 Å². The van der Waals surface area contributed by atoms with Gasteiger partial charge in [0, 0.05) is 65.7 Å². The molecule has 0 saturated carbocycles. The molecule has 0 aromatic carbocycles. The minimum absolute atomic E-state index is 0.0520. The molecule has 0 aliphatic carbocycles. The van der Waals surface area contributed by atoms with E-state index in [4.69, 9.17) is 9.57 Å². The Kier molecular flexibility index (Phi) is 11.5. The molecule has 2 aliphatic rings. The minimum Gasteiger partial charge on any atom is -0.386 e. The third-order valence-corrected chi connectivity index (χ3v) is 8.46. The molecule has 44 heavy (non-hydrogen) atoms. The molecule has 1 aromatic heterocycles. The van der Waals surface area contributed by atoms with Gasteiger partial charge in [-0.2, -0.15) is 26.3 Å². The number of piperazine rings is 1. The molecule has 1 amide bonds. The fourth-order valence-corrected chi connectivity index (χ4v) is 4.69. The Morgan fingerprint density at radius 3 is 2.30 bits per heavy atom. The number of nitrogens with one attached hydrogen (secondary N) is 2. The van der Waals surface area contributed by atoms with E-state index in [1.165, 1.54) is 16.1 Å². The summed E-state index contributed by atoms with van der Waals surface area (Å²) in [6.45, 7) is 10.9. The van der Waals surface area contributed by atoms with E-state index in [1.54, 1.807) is 18.7 Å². The molecule has 0 bridgehead atoms. The number of aromatic nitrogens is 2. The number of nitrogens with zero attached hydrogens (tertiary/aromatic N) is 6. The van der Waals surface area contributed by atoms with E-state index < -0.39 is 44.2 Å². The lowest BCUT2D eigenvalue weighted by molar-refractivity contribution is -0.138. The van der Waals surface area contributed by atoms with Crippen LogP contribution in [0.15, 0.2) is 41.2 Å². The van der Waals surface area contributed by atoms with Crippen molar-refractivity contribution in [1.29, 1.82) is 0 Å². The minimum atomic E-state index is -4.63. The Morgan fingerprint density at radius 2 is 1.73 bits per heavy atom. The summed E-state index contributed by atoms with van der Waals surface area (Å²) in [5.41, 5.74) is 1.05. The molecule has 1 atom stereocenters. The number of amides is 1. The first-order chi connectivity index (χ1) is 20.4. The van der Waals surface area contributed by atoms with E-state index in [0.717, 1.165) is 12.2 Å². The average Bonchev–Trinajstić information content (AvgIpc) is 2.94. The highest BCUT2D eigenvalue weighted by Gasteiger charge is 2.39. The van der Waals surface area contributed by atoms with Gasteiger partial charge >= 0.3 is 12.4 Å². The zero-order valence-electron chi connectivity index (χ0n) is 25.2. The number of carbonyl (C=O) groups excluding carboxylic acids is 1. The van der Waals surface area contributed by atoms with E-state index in [0.29, 0.717) is 37.8 Å². The summed E-state index contributed by atoms with van der Waals surface area (Å²) in [5, 5.41) is 7.89. The summed E-state index contributed by atoms with van der Waals surface area (Å²) in [6, 6.07) is 0.219. The average molecular weight is 653 g/mol. The maximum Gasteiger partial charge on any atom is 0.419 e. The van der Waals surface area contributed by atoms with Crippen molar-refractivity contribution in [3.05, 3.63) is 41.6 Å². The van der Waals surface area contributed by atoms with Crippen LogP contribution in [-0.4, -0.2) is 97.9 Å². The molecule has 0 spiro atoms. The lowest BCUT2D eigenvalue weighted by Crippen LogP contribution is -2.50. The summed E-state index contributed by atoms with van der Waals surface area (Å²) < 4.78 is 85.2. The fraction of sp³-hybridized carbons (Fsp3) is 0.615. The molecule has 1 fully saturated rings. The Bertz CT molecular complexity index is 1210. The number of carbonyl (C=O) groups is 1. The summed E-state index contributed by atoms with van der Waals surface area (Å²) in [6.07, 6.45) is -5.59. The molecule has 3 rings (SSSR count). The zero-order valence-corrected chi connectivity index (χ0v) is 26.2. The third kappa shape index (κ3) is 10.6. The number of hydrogen-bond acceptors (Lipinski definition) is 10. The summed E-state index contributed by atoms with van der Waals surface area (Å²) >= 11 is 0. The van der Waals surface area contributed by atoms with Crippen molar-refractivity contribution in [2.24, 2.45) is 5.16 Å². The topological polar surface area (TPSA) is 107 Å². The van der Waals surface area contributed by atoms with Crippen LogP contribution in [-0.2, 0) is 20.5 Å². The van der Waals surface area contributed by atoms with Crippen LogP contribution in [0.25, 0.3) is 0 Å². The molecule has 1 aromatic rings. The van der Waals surface area contributed by atoms with Crippen molar-refractivity contribution in [3.63, 3.8) is 0 Å². The highest BCUT2D eigenvalue weighted by Crippen LogP contribution is 2.32. The molecule has 3 heterocycles. The van der Waals surface area contributed by atoms with E-state index in [9.17, 15) is 31.1 Å². The van der Waals surface area contributed by atoms with Crippen LogP contribution in [0, 0.1) is 0 Å². The lowest BCUT2D eigenvalue weighted by Gasteiger charge is -2.34. The number of hydrazine groups is 1. The predicted molar refractivity (Wildman–Crippen MR) is 154 cm³/mol. The van der Waals surface area contributed by atoms with Crippen LogP contribution < -0.4 is 15.6 Å². The second kappa shape index (κ2) is 14.5. The van der Waals surface area contributed by atoms with Crippen LogP contribution in [0.4, 0.5) is 32.3 Å². The predicted octanol–water partition coefficient (Wildman–Crippen LogP) is 3.93. The molecule has 0 unspecified atom stereocenters. The largest absolute Gasteiger partial charge is 0.419 e. The van der Waals surface area contributed by atoms with Gasteiger partial charge in [-0.15, -0.1) is 0 Å². The van der Waals surface area contributed by atoms with Gasteiger partial charge in [-0.3, -0.25) is 9.80 Å². The smallest absolute Gasteiger partial charge is 0.386 e. The van der Waals surface area contributed by atoms with Gasteiger partial charge in [0.2, 0.25) is 5.95 Å². The molecular formula is C26H38F6N8O3Si. The van der Waals surface area contributed by atoms with Crippen molar-refractivity contribution in [2.75, 3.05) is 51.0 Å². The van der Waals surface area contributed by atoms with Crippen LogP contribution in [0.5, 0.6) is 0 Å². The SMILES string of the molecule is C/C(=N\OCC(=O)N1CCN(c2ncc(C(F)(F)F)cn2)CC1)[C@H](C)NC1=CNN(COCC[Si](C)(C)C)C=C1C(F)(F)F. The molecule has 11 nitrogen and oxygen atoms in total. The number of allylic oxidation sites excluding steroid dienone is 1.